The number of carbonyl (C=O) groups excluding carboxylic acids is 2. The van der Waals surface area contributed by atoms with Crippen molar-refractivity contribution in [3.05, 3.63) is 76.4 Å². The largest absolute Gasteiger partial charge is 0.348 e. The van der Waals surface area contributed by atoms with Gasteiger partial charge in [0.1, 0.15) is 10.5 Å². The molecule has 1 amide bonds. The highest BCUT2D eigenvalue weighted by Gasteiger charge is 2.35. The van der Waals surface area contributed by atoms with Gasteiger partial charge in [-0.15, -0.1) is 11.3 Å². The fourth-order valence-electron chi connectivity index (χ4n) is 4.10. The van der Waals surface area contributed by atoms with E-state index in [4.69, 9.17) is 0 Å². The van der Waals surface area contributed by atoms with E-state index in [1.807, 2.05) is 44.2 Å². The second-order valence-corrected chi connectivity index (χ2v) is 9.86. The molecule has 1 aromatic carbocycles. The first kappa shape index (κ1) is 23.0. The van der Waals surface area contributed by atoms with Gasteiger partial charge in [0, 0.05) is 37.2 Å². The minimum Gasteiger partial charge on any atom is -0.348 e. The van der Waals surface area contributed by atoms with Gasteiger partial charge < -0.3 is 10.2 Å². The number of Topliss-reactive ketones (excluding diaryl/α,β-unsaturated/α-hetero) is 1. The second-order valence-electron chi connectivity index (χ2n) is 8.65. The van der Waals surface area contributed by atoms with Gasteiger partial charge in [0.15, 0.2) is 17.1 Å². The van der Waals surface area contributed by atoms with Gasteiger partial charge in [-0.25, -0.2) is 14.4 Å². The quantitative estimate of drug-likeness (QED) is 0.382. The number of anilines is 1. The Bertz CT molecular complexity index is 1400. The molecular formula is C25H23FN6O2S. The van der Waals surface area contributed by atoms with Crippen LogP contribution >= 0.6 is 11.3 Å². The van der Waals surface area contributed by atoms with Gasteiger partial charge >= 0.3 is 0 Å². The lowest BCUT2D eigenvalue weighted by atomic mass is 9.91. The Morgan fingerprint density at radius 3 is 2.69 bits per heavy atom. The van der Waals surface area contributed by atoms with E-state index in [2.05, 4.69) is 25.3 Å². The number of amides is 1. The molecule has 8 nitrogen and oxygen atoms in total. The van der Waals surface area contributed by atoms with Crippen LogP contribution in [0.3, 0.4) is 0 Å². The van der Waals surface area contributed by atoms with E-state index >= 15 is 0 Å². The summed E-state index contributed by atoms with van der Waals surface area (Å²) in [5.74, 6) is -0.216. The number of likely N-dealkylation sites (tertiary alicyclic amines) is 1. The van der Waals surface area contributed by atoms with E-state index in [9.17, 15) is 14.0 Å². The molecule has 5 rings (SSSR count). The first-order valence-corrected chi connectivity index (χ1v) is 12.1. The predicted molar refractivity (Wildman–Crippen MR) is 131 cm³/mol. The fraction of sp³-hybridized carbons (Fsp3) is 0.280. The molecule has 10 heteroatoms. The van der Waals surface area contributed by atoms with E-state index in [1.165, 1.54) is 17.4 Å². The highest BCUT2D eigenvalue weighted by Crippen LogP contribution is 2.29. The van der Waals surface area contributed by atoms with Crippen LogP contribution in [0.2, 0.25) is 0 Å². The van der Waals surface area contributed by atoms with Crippen LogP contribution in [0, 0.1) is 18.7 Å². The van der Waals surface area contributed by atoms with E-state index < -0.39 is 5.82 Å². The number of nitrogens with one attached hydrogen (secondary N) is 1. The standard InChI is InChI=1S/C25H23FN6O2S/c1-14(18-9-19(26)11-27-10-18)28-25-30-21(22-23(31-25)29-15(2)35-22)24(34)32-12-16(13-32)8-20(33)17-6-4-3-5-7-17/h3-7,9-11,14,16H,8,12-13H2,1-2H3,(H,28,30,31). The Morgan fingerprint density at radius 1 is 1.17 bits per heavy atom. The molecule has 1 atom stereocenters. The normalized spacial score (nSPS) is 14.5. The van der Waals surface area contributed by atoms with Gasteiger partial charge in [0.2, 0.25) is 5.95 Å². The van der Waals surface area contributed by atoms with Crippen molar-refractivity contribution in [3.63, 3.8) is 0 Å². The summed E-state index contributed by atoms with van der Waals surface area (Å²) in [6, 6.07) is 10.2. The van der Waals surface area contributed by atoms with Crippen LogP contribution in [0.4, 0.5) is 10.3 Å². The minimum atomic E-state index is -0.434. The molecule has 0 aliphatic carbocycles. The van der Waals surface area contributed by atoms with Gasteiger partial charge in [-0.2, -0.15) is 4.98 Å². The van der Waals surface area contributed by atoms with Crippen molar-refractivity contribution >= 4 is 39.3 Å². The fourth-order valence-corrected chi connectivity index (χ4v) is 4.94. The van der Waals surface area contributed by atoms with Crippen LogP contribution in [0.5, 0.6) is 0 Å². The number of thiazole rings is 1. The number of ketones is 1. The highest BCUT2D eigenvalue weighted by molar-refractivity contribution is 7.18. The zero-order valence-corrected chi connectivity index (χ0v) is 20.1. The number of rotatable bonds is 7. The van der Waals surface area contributed by atoms with E-state index in [-0.39, 0.29) is 35.3 Å². The zero-order valence-electron chi connectivity index (χ0n) is 19.2. The lowest BCUT2D eigenvalue weighted by molar-refractivity contribution is 0.0466. The number of nitrogens with zero attached hydrogens (tertiary/aromatic N) is 5. The molecule has 4 heterocycles. The van der Waals surface area contributed by atoms with Crippen LogP contribution in [-0.2, 0) is 0 Å². The van der Waals surface area contributed by atoms with E-state index in [0.29, 0.717) is 41.0 Å². The maximum atomic E-state index is 13.6. The highest BCUT2D eigenvalue weighted by atomic mass is 32.1. The lowest BCUT2D eigenvalue weighted by Gasteiger charge is -2.38. The summed E-state index contributed by atoms with van der Waals surface area (Å²) >= 11 is 1.37. The van der Waals surface area contributed by atoms with Gasteiger partial charge in [0.05, 0.1) is 17.2 Å². The van der Waals surface area contributed by atoms with Gasteiger partial charge in [-0.1, -0.05) is 30.3 Å². The number of hydrogen-bond donors (Lipinski definition) is 1. The number of pyridine rings is 1. The van der Waals surface area contributed by atoms with Gasteiger partial charge in [0.25, 0.3) is 5.91 Å². The Morgan fingerprint density at radius 2 is 1.94 bits per heavy atom. The number of halogens is 1. The number of fused-ring (bicyclic) bond motifs is 1. The monoisotopic (exact) mass is 490 g/mol. The SMILES string of the molecule is Cc1nc2nc(NC(C)c3cncc(F)c3)nc(C(=O)N3CC(CC(=O)c4ccccc4)C3)c2s1. The number of benzene rings is 1. The van der Waals surface area contributed by atoms with Crippen molar-refractivity contribution in [2.75, 3.05) is 18.4 Å². The molecule has 0 bridgehead atoms. The predicted octanol–water partition coefficient (Wildman–Crippen LogP) is 4.45. The average molecular weight is 491 g/mol. The van der Waals surface area contributed by atoms with Crippen LogP contribution < -0.4 is 5.32 Å². The molecule has 1 aliphatic rings. The topological polar surface area (TPSA) is 101 Å². The molecule has 1 aliphatic heterocycles. The maximum Gasteiger partial charge on any atom is 0.274 e. The number of aryl methyl sites for hydroxylation is 1. The molecule has 1 N–H and O–H groups in total. The van der Waals surface area contributed by atoms with E-state index in [1.54, 1.807) is 11.1 Å². The van der Waals surface area contributed by atoms with Crippen molar-refractivity contribution in [1.29, 1.82) is 0 Å². The Kier molecular flexibility index (Phi) is 6.21. The second kappa shape index (κ2) is 9.46. The third-order valence-corrected chi connectivity index (χ3v) is 6.92. The lowest BCUT2D eigenvalue weighted by Crippen LogP contribution is -2.50. The number of hydrogen-bond acceptors (Lipinski definition) is 8. The van der Waals surface area contributed by atoms with Crippen molar-refractivity contribution in [2.45, 2.75) is 26.3 Å². The Balaban J connectivity index is 1.32. The van der Waals surface area contributed by atoms with Gasteiger partial charge in [-0.3, -0.25) is 14.6 Å². The third-order valence-electron chi connectivity index (χ3n) is 5.95. The Hall–Kier alpha value is -3.79. The molecule has 1 unspecified atom stereocenters. The van der Waals surface area contributed by atoms with Crippen molar-refractivity contribution in [3.8, 4) is 0 Å². The molecule has 0 spiro atoms. The molecule has 1 fully saturated rings. The summed E-state index contributed by atoms with van der Waals surface area (Å²) in [5.41, 5.74) is 2.03. The summed E-state index contributed by atoms with van der Waals surface area (Å²) in [5, 5.41) is 3.91. The van der Waals surface area contributed by atoms with Gasteiger partial charge in [-0.05, 0) is 25.5 Å². The van der Waals surface area contributed by atoms with Crippen LogP contribution in [0.25, 0.3) is 10.3 Å². The third kappa shape index (κ3) is 4.88. The first-order chi connectivity index (χ1) is 16.9. The smallest absolute Gasteiger partial charge is 0.274 e. The van der Waals surface area contributed by atoms with Crippen LogP contribution in [0.15, 0.2) is 48.8 Å². The average Bonchev–Trinajstić information content (AvgIpc) is 3.20. The molecule has 3 aromatic heterocycles. The first-order valence-electron chi connectivity index (χ1n) is 11.3. The maximum absolute atomic E-state index is 13.6. The summed E-state index contributed by atoms with van der Waals surface area (Å²) in [6.07, 6.45) is 3.11. The van der Waals surface area contributed by atoms with Crippen molar-refractivity contribution in [1.82, 2.24) is 24.8 Å². The van der Waals surface area contributed by atoms with Crippen molar-refractivity contribution in [2.24, 2.45) is 5.92 Å². The minimum absolute atomic E-state index is 0.0810. The van der Waals surface area contributed by atoms with Crippen LogP contribution in [0.1, 0.15) is 50.8 Å². The molecule has 0 radical (unpaired) electrons. The molecular weight excluding hydrogens is 467 g/mol. The number of aromatic nitrogens is 4. The molecule has 0 saturated carbocycles. The summed E-state index contributed by atoms with van der Waals surface area (Å²) in [6.45, 7) is 4.68. The van der Waals surface area contributed by atoms with Crippen molar-refractivity contribution < 1.29 is 14.0 Å². The summed E-state index contributed by atoms with van der Waals surface area (Å²) in [7, 11) is 0. The zero-order chi connectivity index (χ0) is 24.5. The summed E-state index contributed by atoms with van der Waals surface area (Å²) < 4.78 is 14.2. The molecule has 4 aromatic rings. The Labute approximate surface area is 205 Å². The van der Waals surface area contributed by atoms with Crippen LogP contribution in [-0.4, -0.2) is 49.6 Å². The molecule has 35 heavy (non-hydrogen) atoms. The summed E-state index contributed by atoms with van der Waals surface area (Å²) in [4.78, 5) is 44.8. The molecule has 178 valence electrons. The number of carbonyl (C=O) groups is 2. The van der Waals surface area contributed by atoms with E-state index in [0.717, 1.165) is 11.2 Å². The molecule has 1 saturated heterocycles.